The molecule has 6 nitrogen and oxygen atoms in total. The molecule has 116 valence electrons. The van der Waals surface area contributed by atoms with Gasteiger partial charge in [0.25, 0.3) is 5.91 Å². The van der Waals surface area contributed by atoms with Crippen LogP contribution in [-0.2, 0) is 9.36 Å². The molecular formula is C14H20NO5P. The van der Waals surface area contributed by atoms with Gasteiger partial charge in [-0.15, -0.1) is 0 Å². The van der Waals surface area contributed by atoms with Crippen LogP contribution in [0, 0.1) is 0 Å². The monoisotopic (exact) mass is 313 g/mol. The van der Waals surface area contributed by atoms with E-state index in [-0.39, 0.29) is 29.6 Å². The number of ether oxygens (including phenoxy) is 1. The van der Waals surface area contributed by atoms with Gasteiger partial charge in [-0.1, -0.05) is 31.4 Å². The minimum Gasteiger partial charge on any atom is -0.483 e. The fourth-order valence-corrected chi connectivity index (χ4v) is 3.19. The maximum Gasteiger partial charge on any atom is 0.359 e. The van der Waals surface area contributed by atoms with Gasteiger partial charge in [0.15, 0.2) is 6.61 Å². The third-order valence-electron chi connectivity index (χ3n) is 3.51. The van der Waals surface area contributed by atoms with Gasteiger partial charge in [-0.05, 0) is 25.0 Å². The Morgan fingerprint density at radius 2 is 1.90 bits per heavy atom. The van der Waals surface area contributed by atoms with E-state index in [1.807, 2.05) is 0 Å². The van der Waals surface area contributed by atoms with Gasteiger partial charge in [0.05, 0.1) is 0 Å². The zero-order valence-corrected chi connectivity index (χ0v) is 12.6. The second kappa shape index (κ2) is 7.07. The van der Waals surface area contributed by atoms with Crippen LogP contribution in [-0.4, -0.2) is 28.3 Å². The lowest BCUT2D eigenvalue weighted by Crippen LogP contribution is -2.39. The summed E-state index contributed by atoms with van der Waals surface area (Å²) < 4.78 is 16.6. The van der Waals surface area contributed by atoms with Crippen molar-refractivity contribution < 1.29 is 23.9 Å². The number of para-hydroxylation sites is 1. The average molecular weight is 313 g/mol. The summed E-state index contributed by atoms with van der Waals surface area (Å²) >= 11 is 0. The molecule has 1 aromatic carbocycles. The lowest BCUT2D eigenvalue weighted by molar-refractivity contribution is -0.124. The summed E-state index contributed by atoms with van der Waals surface area (Å²) in [6.45, 7) is -0.243. The Bertz CT molecular complexity index is 536. The van der Waals surface area contributed by atoms with Crippen molar-refractivity contribution in [3.8, 4) is 5.75 Å². The Labute approximate surface area is 123 Å². The van der Waals surface area contributed by atoms with Crippen LogP contribution in [0.15, 0.2) is 24.3 Å². The molecule has 0 atom stereocenters. The van der Waals surface area contributed by atoms with Crippen molar-refractivity contribution in [1.29, 1.82) is 0 Å². The van der Waals surface area contributed by atoms with Crippen molar-refractivity contribution in [1.82, 2.24) is 5.32 Å². The van der Waals surface area contributed by atoms with E-state index in [1.54, 1.807) is 6.07 Å². The number of nitrogens with one attached hydrogen (secondary N) is 1. The summed E-state index contributed by atoms with van der Waals surface area (Å²) in [5.74, 6) is -0.216. The number of hydrogen-bond acceptors (Lipinski definition) is 3. The van der Waals surface area contributed by atoms with Crippen LogP contribution in [0.1, 0.15) is 32.1 Å². The van der Waals surface area contributed by atoms with Crippen molar-refractivity contribution in [3.63, 3.8) is 0 Å². The van der Waals surface area contributed by atoms with E-state index in [2.05, 4.69) is 5.32 Å². The van der Waals surface area contributed by atoms with E-state index in [4.69, 9.17) is 4.74 Å². The number of benzene rings is 1. The topological polar surface area (TPSA) is 95.9 Å². The van der Waals surface area contributed by atoms with Crippen molar-refractivity contribution in [2.45, 2.75) is 38.1 Å². The Balaban J connectivity index is 1.91. The van der Waals surface area contributed by atoms with E-state index in [0.717, 1.165) is 25.7 Å². The highest BCUT2D eigenvalue weighted by Gasteiger charge is 2.23. The first-order valence-corrected chi connectivity index (χ1v) is 8.65. The normalized spacial score (nSPS) is 16.5. The molecule has 0 aromatic heterocycles. The second-order valence-corrected chi connectivity index (χ2v) is 6.77. The molecule has 2 rings (SSSR count). The van der Waals surface area contributed by atoms with Crippen LogP contribution >= 0.6 is 7.60 Å². The molecular weight excluding hydrogens is 293 g/mol. The fraction of sp³-hybridized carbons (Fsp3) is 0.500. The SMILES string of the molecule is O=C(COc1ccccc1P(=O)(O)O)NC1CCCCC1. The van der Waals surface area contributed by atoms with Crippen molar-refractivity contribution in [2.24, 2.45) is 0 Å². The van der Waals surface area contributed by atoms with Gasteiger partial charge in [0.2, 0.25) is 0 Å². The molecule has 1 saturated carbocycles. The minimum atomic E-state index is -4.41. The summed E-state index contributed by atoms with van der Waals surface area (Å²) in [7, 11) is -4.41. The quantitative estimate of drug-likeness (QED) is 0.713. The van der Waals surface area contributed by atoms with Crippen molar-refractivity contribution in [2.75, 3.05) is 6.61 Å². The number of hydrogen-bond donors (Lipinski definition) is 3. The number of rotatable bonds is 5. The Hall–Kier alpha value is -1.36. The highest BCUT2D eigenvalue weighted by molar-refractivity contribution is 7.60. The summed E-state index contributed by atoms with van der Waals surface area (Å²) in [5, 5.41) is 2.69. The molecule has 3 N–H and O–H groups in total. The molecule has 1 aromatic rings. The fourth-order valence-electron chi connectivity index (χ4n) is 2.48. The van der Waals surface area contributed by atoms with Crippen LogP contribution in [0.4, 0.5) is 0 Å². The van der Waals surface area contributed by atoms with Gasteiger partial charge < -0.3 is 19.8 Å². The highest BCUT2D eigenvalue weighted by atomic mass is 31.2. The first-order valence-electron chi connectivity index (χ1n) is 7.04. The van der Waals surface area contributed by atoms with Gasteiger partial charge in [-0.2, -0.15) is 0 Å². The molecule has 1 amide bonds. The maximum absolute atomic E-state index is 11.8. The second-order valence-electron chi connectivity index (χ2n) is 5.20. The summed E-state index contributed by atoms with van der Waals surface area (Å²) in [6.07, 6.45) is 5.40. The molecule has 7 heteroatoms. The summed E-state index contributed by atoms with van der Waals surface area (Å²) in [4.78, 5) is 30.3. The predicted octanol–water partition coefficient (Wildman–Crippen LogP) is 1.32. The van der Waals surface area contributed by atoms with E-state index in [1.165, 1.54) is 24.6 Å². The van der Waals surface area contributed by atoms with Gasteiger partial charge in [0, 0.05) is 6.04 Å². The van der Waals surface area contributed by atoms with Gasteiger partial charge in [-0.25, -0.2) is 0 Å². The van der Waals surface area contributed by atoms with E-state index >= 15 is 0 Å². The Morgan fingerprint density at radius 1 is 1.24 bits per heavy atom. The lowest BCUT2D eigenvalue weighted by atomic mass is 9.95. The van der Waals surface area contributed by atoms with Crippen LogP contribution in [0.25, 0.3) is 0 Å². The van der Waals surface area contributed by atoms with E-state index < -0.39 is 7.60 Å². The van der Waals surface area contributed by atoms with Gasteiger partial charge in [-0.3, -0.25) is 9.36 Å². The molecule has 0 bridgehead atoms. The first-order chi connectivity index (χ1) is 9.97. The molecule has 21 heavy (non-hydrogen) atoms. The molecule has 0 saturated heterocycles. The van der Waals surface area contributed by atoms with E-state index in [9.17, 15) is 19.1 Å². The summed E-state index contributed by atoms with van der Waals surface area (Å²) in [6, 6.07) is 6.06. The average Bonchev–Trinajstić information content (AvgIpc) is 2.45. The third-order valence-corrected chi connectivity index (χ3v) is 4.51. The molecule has 0 spiro atoms. The molecule has 0 aliphatic heterocycles. The van der Waals surface area contributed by atoms with Crippen LogP contribution in [0.3, 0.4) is 0 Å². The van der Waals surface area contributed by atoms with Crippen molar-refractivity contribution in [3.05, 3.63) is 24.3 Å². The molecule has 1 aliphatic carbocycles. The smallest absolute Gasteiger partial charge is 0.359 e. The standard InChI is InChI=1S/C14H20NO5P/c16-14(15-11-6-2-1-3-7-11)10-20-12-8-4-5-9-13(12)21(17,18)19/h4-5,8-9,11H,1-3,6-7,10H2,(H,15,16)(H2,17,18,19). The van der Waals surface area contributed by atoms with Crippen LogP contribution in [0.2, 0.25) is 0 Å². The van der Waals surface area contributed by atoms with Gasteiger partial charge >= 0.3 is 7.60 Å². The molecule has 1 aliphatic rings. The highest BCUT2D eigenvalue weighted by Crippen LogP contribution is 2.37. The molecule has 0 heterocycles. The lowest BCUT2D eigenvalue weighted by Gasteiger charge is -2.22. The zero-order chi connectivity index (χ0) is 15.3. The van der Waals surface area contributed by atoms with Gasteiger partial charge in [0.1, 0.15) is 11.1 Å². The third kappa shape index (κ3) is 4.84. The van der Waals surface area contributed by atoms with Crippen LogP contribution < -0.4 is 15.4 Å². The molecule has 0 radical (unpaired) electrons. The molecule has 1 fully saturated rings. The molecule has 0 unspecified atom stereocenters. The first kappa shape index (κ1) is 16.0. The Kier molecular flexibility index (Phi) is 5.39. The maximum atomic E-state index is 11.8. The number of carbonyl (C=O) groups excluding carboxylic acids is 1. The predicted molar refractivity (Wildman–Crippen MR) is 78.6 cm³/mol. The zero-order valence-electron chi connectivity index (χ0n) is 11.7. The van der Waals surface area contributed by atoms with E-state index in [0.29, 0.717) is 0 Å². The number of amides is 1. The number of carbonyl (C=O) groups is 1. The largest absolute Gasteiger partial charge is 0.483 e. The minimum absolute atomic E-state index is 0.0460. The Morgan fingerprint density at radius 3 is 2.57 bits per heavy atom. The van der Waals surface area contributed by atoms with Crippen LogP contribution in [0.5, 0.6) is 5.75 Å². The summed E-state index contributed by atoms with van der Waals surface area (Å²) in [5.41, 5.74) is 0. The van der Waals surface area contributed by atoms with Crippen molar-refractivity contribution >= 4 is 18.8 Å².